The smallest absolute Gasteiger partial charge is 0.286 e. The van der Waals surface area contributed by atoms with Crippen molar-refractivity contribution in [3.63, 3.8) is 0 Å². The molecule has 2 heterocycles. The second-order valence-corrected chi connectivity index (χ2v) is 8.61. The molecule has 1 fully saturated rings. The van der Waals surface area contributed by atoms with Crippen molar-refractivity contribution in [2.45, 2.75) is 18.8 Å². The van der Waals surface area contributed by atoms with E-state index in [1.54, 1.807) is 29.2 Å². The molecule has 2 aromatic carbocycles. The van der Waals surface area contributed by atoms with Gasteiger partial charge < -0.3 is 19.7 Å². The van der Waals surface area contributed by atoms with Crippen LogP contribution in [0.2, 0.25) is 0 Å². The Morgan fingerprint density at radius 1 is 1.12 bits per heavy atom. The zero-order chi connectivity index (χ0) is 23.4. The third kappa shape index (κ3) is 5.28. The normalized spacial score (nSPS) is 15.7. The van der Waals surface area contributed by atoms with Crippen molar-refractivity contribution < 1.29 is 23.5 Å². The molecule has 0 aliphatic carbocycles. The molecule has 1 saturated heterocycles. The van der Waals surface area contributed by atoms with E-state index in [0.717, 1.165) is 12.8 Å². The maximum absolute atomic E-state index is 13.4. The highest BCUT2D eigenvalue weighted by Gasteiger charge is 2.29. The molecule has 1 aliphatic rings. The van der Waals surface area contributed by atoms with Gasteiger partial charge in [0.05, 0.1) is 14.2 Å². The highest BCUT2D eigenvalue weighted by atomic mass is 32.1. The van der Waals surface area contributed by atoms with Crippen molar-refractivity contribution in [2.24, 2.45) is 0 Å². The Labute approximate surface area is 194 Å². The Hall–Kier alpha value is -3.53. The molecule has 1 N–H and O–H groups in total. The third-order valence-corrected chi connectivity index (χ3v) is 6.46. The zero-order valence-corrected chi connectivity index (χ0v) is 19.0. The average molecular weight is 471 g/mol. The number of amides is 2. The van der Waals surface area contributed by atoms with Crippen molar-refractivity contribution in [2.75, 3.05) is 32.6 Å². The topological polar surface area (TPSA) is 93.7 Å². The minimum Gasteiger partial charge on any atom is -0.497 e. The summed E-state index contributed by atoms with van der Waals surface area (Å²) in [5.41, 5.74) is 0.833. The summed E-state index contributed by atoms with van der Waals surface area (Å²) in [6.45, 7) is 1.10. The van der Waals surface area contributed by atoms with Crippen LogP contribution in [-0.2, 0) is 0 Å². The van der Waals surface area contributed by atoms with Crippen molar-refractivity contribution in [3.05, 3.63) is 63.9 Å². The molecule has 10 heteroatoms. The molecule has 3 aromatic rings. The van der Waals surface area contributed by atoms with Crippen LogP contribution < -0.4 is 14.8 Å². The molecule has 2 amide bonds. The zero-order valence-electron chi connectivity index (χ0n) is 18.2. The fraction of sp³-hybridized carbons (Fsp3) is 0.304. The summed E-state index contributed by atoms with van der Waals surface area (Å²) in [6, 6.07) is 10.7. The molecule has 0 radical (unpaired) electrons. The van der Waals surface area contributed by atoms with Crippen molar-refractivity contribution in [1.29, 1.82) is 0 Å². The number of rotatable bonds is 6. The summed E-state index contributed by atoms with van der Waals surface area (Å²) in [7, 11) is 3.08. The molecule has 0 bridgehead atoms. The number of piperidine rings is 1. The number of likely N-dealkylation sites (tertiary alicyclic amines) is 1. The second-order valence-electron chi connectivity index (χ2n) is 7.60. The SMILES string of the molecule is COc1cc(OC)cc(C(=O)N2CCCC(c3nnc(C(=O)Nc4cccc(F)c4)s3)C2)c1. The largest absolute Gasteiger partial charge is 0.497 e. The van der Waals surface area contributed by atoms with Gasteiger partial charge in [-0.05, 0) is 43.2 Å². The maximum atomic E-state index is 13.4. The summed E-state index contributed by atoms with van der Waals surface area (Å²) in [6.07, 6.45) is 1.65. The number of hydrogen-bond donors (Lipinski definition) is 1. The second kappa shape index (κ2) is 9.95. The van der Waals surface area contributed by atoms with Crippen LogP contribution in [0.1, 0.15) is 43.9 Å². The fourth-order valence-electron chi connectivity index (χ4n) is 3.72. The molecule has 1 unspecified atom stereocenters. The van der Waals surface area contributed by atoms with Crippen molar-refractivity contribution in [3.8, 4) is 11.5 Å². The van der Waals surface area contributed by atoms with Gasteiger partial charge in [0, 0.05) is 36.3 Å². The number of aromatic nitrogens is 2. The highest BCUT2D eigenvalue weighted by Crippen LogP contribution is 2.31. The molecule has 33 heavy (non-hydrogen) atoms. The van der Waals surface area contributed by atoms with Crippen LogP contribution in [0.5, 0.6) is 11.5 Å². The Balaban J connectivity index is 1.45. The van der Waals surface area contributed by atoms with E-state index in [2.05, 4.69) is 15.5 Å². The van der Waals surface area contributed by atoms with E-state index < -0.39 is 11.7 Å². The number of nitrogens with zero attached hydrogens (tertiary/aromatic N) is 3. The van der Waals surface area contributed by atoms with Crippen LogP contribution in [0.25, 0.3) is 0 Å². The maximum Gasteiger partial charge on any atom is 0.286 e. The number of anilines is 1. The van der Waals surface area contributed by atoms with Gasteiger partial charge in [0.2, 0.25) is 5.01 Å². The first-order chi connectivity index (χ1) is 16.0. The van der Waals surface area contributed by atoms with Gasteiger partial charge in [0.1, 0.15) is 22.3 Å². The molecule has 1 aliphatic heterocycles. The van der Waals surface area contributed by atoms with Crippen molar-refractivity contribution in [1.82, 2.24) is 15.1 Å². The van der Waals surface area contributed by atoms with Gasteiger partial charge in [-0.1, -0.05) is 17.4 Å². The molecule has 1 atom stereocenters. The van der Waals surface area contributed by atoms with Gasteiger partial charge in [-0.3, -0.25) is 9.59 Å². The van der Waals surface area contributed by atoms with E-state index in [1.807, 2.05) is 0 Å². The lowest BCUT2D eigenvalue weighted by Crippen LogP contribution is -2.39. The van der Waals surface area contributed by atoms with Gasteiger partial charge in [-0.25, -0.2) is 4.39 Å². The summed E-state index contributed by atoms with van der Waals surface area (Å²) in [5, 5.41) is 11.7. The molecule has 4 rings (SSSR count). The van der Waals surface area contributed by atoms with Gasteiger partial charge in [-0.2, -0.15) is 0 Å². The van der Waals surface area contributed by atoms with E-state index in [0.29, 0.717) is 40.8 Å². The Kier molecular flexibility index (Phi) is 6.83. The highest BCUT2D eigenvalue weighted by molar-refractivity contribution is 7.13. The first-order valence-electron chi connectivity index (χ1n) is 10.4. The Morgan fingerprint density at radius 3 is 2.58 bits per heavy atom. The monoisotopic (exact) mass is 470 g/mol. The van der Waals surface area contributed by atoms with Crippen LogP contribution in [0.15, 0.2) is 42.5 Å². The van der Waals surface area contributed by atoms with Gasteiger partial charge in [0.15, 0.2) is 0 Å². The van der Waals surface area contributed by atoms with Crippen LogP contribution in [0.4, 0.5) is 10.1 Å². The summed E-state index contributed by atoms with van der Waals surface area (Å²) >= 11 is 1.19. The van der Waals surface area contributed by atoms with Crippen molar-refractivity contribution >= 4 is 28.8 Å². The number of methoxy groups -OCH3 is 2. The molecule has 8 nitrogen and oxygen atoms in total. The lowest BCUT2D eigenvalue weighted by molar-refractivity contribution is 0.0706. The minimum absolute atomic E-state index is 0.0246. The Morgan fingerprint density at radius 2 is 1.88 bits per heavy atom. The molecule has 0 saturated carbocycles. The summed E-state index contributed by atoms with van der Waals surface area (Å²) < 4.78 is 23.9. The number of ether oxygens (including phenoxy) is 2. The van der Waals surface area contributed by atoms with Gasteiger partial charge in [0.25, 0.3) is 11.8 Å². The molecular weight excluding hydrogens is 447 g/mol. The summed E-state index contributed by atoms with van der Waals surface area (Å²) in [4.78, 5) is 27.4. The van der Waals surface area contributed by atoms with Gasteiger partial charge >= 0.3 is 0 Å². The van der Waals surface area contributed by atoms with E-state index in [1.165, 1.54) is 43.8 Å². The number of benzene rings is 2. The number of nitrogens with one attached hydrogen (secondary N) is 1. The first-order valence-corrected chi connectivity index (χ1v) is 11.2. The van der Waals surface area contributed by atoms with Crippen LogP contribution in [-0.4, -0.2) is 54.2 Å². The number of halogens is 1. The fourth-order valence-corrected chi connectivity index (χ4v) is 4.58. The predicted molar refractivity (Wildman–Crippen MR) is 122 cm³/mol. The standard InChI is InChI=1S/C23H23FN4O4S/c1-31-18-9-15(10-19(12-18)32-2)23(30)28-8-4-5-14(13-28)21-26-27-22(33-21)20(29)25-17-7-3-6-16(24)11-17/h3,6-7,9-12,14H,4-5,8,13H2,1-2H3,(H,25,29). The first kappa shape index (κ1) is 22.7. The van der Waals surface area contributed by atoms with Crippen LogP contribution >= 0.6 is 11.3 Å². The van der Waals surface area contributed by atoms with Crippen LogP contribution in [0, 0.1) is 5.82 Å². The predicted octanol–water partition coefficient (Wildman–Crippen LogP) is 3.97. The third-order valence-electron chi connectivity index (χ3n) is 5.37. The van der Waals surface area contributed by atoms with Crippen LogP contribution in [0.3, 0.4) is 0 Å². The molecule has 172 valence electrons. The lowest BCUT2D eigenvalue weighted by Gasteiger charge is -2.31. The lowest BCUT2D eigenvalue weighted by atomic mass is 9.98. The summed E-state index contributed by atoms with van der Waals surface area (Å²) in [5.74, 6) is 0.0607. The quantitative estimate of drug-likeness (QED) is 0.586. The number of carbonyl (C=O) groups excluding carboxylic acids is 2. The molecule has 0 spiro atoms. The van der Waals surface area contributed by atoms with E-state index in [4.69, 9.17) is 9.47 Å². The molecule has 1 aromatic heterocycles. The Bertz CT molecular complexity index is 1150. The van der Waals surface area contributed by atoms with E-state index in [9.17, 15) is 14.0 Å². The average Bonchev–Trinajstić information content (AvgIpc) is 3.34. The minimum atomic E-state index is -0.448. The van der Waals surface area contributed by atoms with E-state index in [-0.39, 0.29) is 16.8 Å². The number of hydrogen-bond acceptors (Lipinski definition) is 7. The van der Waals surface area contributed by atoms with Gasteiger partial charge in [-0.15, -0.1) is 10.2 Å². The molecular formula is C23H23FN4O4S. The van der Waals surface area contributed by atoms with E-state index >= 15 is 0 Å². The number of carbonyl (C=O) groups is 2.